The van der Waals surface area contributed by atoms with Crippen molar-refractivity contribution in [3.05, 3.63) is 244 Å². The summed E-state index contributed by atoms with van der Waals surface area (Å²) < 4.78 is 40.4. The lowest BCUT2D eigenvalue weighted by molar-refractivity contribution is -0.121. The van der Waals surface area contributed by atoms with Crippen molar-refractivity contribution >= 4 is 0 Å². The van der Waals surface area contributed by atoms with Crippen molar-refractivity contribution in [2.24, 2.45) is 0 Å². The Morgan fingerprint density at radius 3 is 1.42 bits per heavy atom. The molecule has 1 fully saturated rings. The Balaban J connectivity index is 1.18. The van der Waals surface area contributed by atoms with E-state index in [-0.39, 0.29) is 18.1 Å². The molecule has 0 unspecified atom stereocenters. The number of ether oxygens (including phenoxy) is 3. The highest BCUT2D eigenvalue weighted by Gasteiger charge is 2.53. The first-order valence-electron chi connectivity index (χ1n) is 19.5. The second-order valence-corrected chi connectivity index (χ2v) is 14.3. The number of hydrogen-bond donors (Lipinski definition) is 1. The summed E-state index contributed by atoms with van der Waals surface area (Å²) in [6.07, 6.45) is -2.68. The summed E-state index contributed by atoms with van der Waals surface area (Å²) in [5.41, 5.74) is 1.95. The van der Waals surface area contributed by atoms with E-state index < -0.39 is 41.5 Å². The maximum Gasteiger partial charge on any atom is 0.350 e. The van der Waals surface area contributed by atoms with Crippen LogP contribution in [0.3, 0.4) is 0 Å². The van der Waals surface area contributed by atoms with Crippen LogP contribution in [0.2, 0.25) is 0 Å². The van der Waals surface area contributed by atoms with Gasteiger partial charge >= 0.3 is 5.69 Å². The molecule has 1 aliphatic rings. The van der Waals surface area contributed by atoms with Crippen molar-refractivity contribution in [2.45, 2.75) is 35.8 Å². The number of H-pyrrole nitrogens is 1. The summed E-state index contributed by atoms with van der Waals surface area (Å²) >= 11 is 0. The molecule has 10 heteroatoms. The monoisotopic (exact) mass is 781 g/mol. The highest BCUT2D eigenvalue weighted by atomic mass is 19.1. The van der Waals surface area contributed by atoms with Gasteiger partial charge in [-0.25, -0.2) is 14.2 Å². The molecule has 1 saturated heterocycles. The fourth-order valence-electron chi connectivity index (χ4n) is 8.14. The quantitative estimate of drug-likeness (QED) is 0.117. The zero-order valence-corrected chi connectivity index (χ0v) is 31.9. The average Bonchev–Trinajstić information content (AvgIpc) is 3.96. The number of alkyl halides is 1. The van der Waals surface area contributed by atoms with Gasteiger partial charge in [0.15, 0.2) is 18.2 Å². The van der Waals surface area contributed by atoms with Gasteiger partial charge in [-0.15, -0.1) is 0 Å². The Labute approximate surface area is 340 Å². The minimum atomic E-state index is -1.80. The molecule has 2 aromatic heterocycles. The Morgan fingerprint density at radius 1 is 0.610 bits per heavy atom. The van der Waals surface area contributed by atoms with Crippen LogP contribution in [0.5, 0.6) is 0 Å². The minimum absolute atomic E-state index is 0.206. The van der Waals surface area contributed by atoms with E-state index in [0.717, 1.165) is 33.4 Å². The van der Waals surface area contributed by atoms with Crippen LogP contribution in [-0.4, -0.2) is 49.7 Å². The molecular formula is C49H40FN5O4. The largest absolute Gasteiger partial charge is 0.358 e. The van der Waals surface area contributed by atoms with Crippen molar-refractivity contribution in [1.29, 1.82) is 0 Å². The molecule has 9 nitrogen and oxygen atoms in total. The van der Waals surface area contributed by atoms with Gasteiger partial charge in [-0.2, -0.15) is 10.1 Å². The van der Waals surface area contributed by atoms with Gasteiger partial charge in [0.25, 0.3) is 0 Å². The van der Waals surface area contributed by atoms with Crippen LogP contribution in [-0.2, 0) is 25.4 Å². The molecule has 292 valence electrons. The van der Waals surface area contributed by atoms with Crippen LogP contribution in [0.4, 0.5) is 4.39 Å². The number of aromatic nitrogens is 5. The van der Waals surface area contributed by atoms with E-state index in [1.54, 1.807) is 6.07 Å². The fourth-order valence-corrected chi connectivity index (χ4v) is 8.14. The van der Waals surface area contributed by atoms with Crippen molar-refractivity contribution < 1.29 is 18.6 Å². The maximum absolute atomic E-state index is 18.0. The molecule has 0 spiro atoms. The lowest BCUT2D eigenvalue weighted by atomic mass is 9.79. The smallest absolute Gasteiger partial charge is 0.350 e. The maximum atomic E-state index is 18.0. The molecule has 1 N–H and O–H groups in total. The molecule has 0 amide bonds. The molecular weight excluding hydrogens is 742 g/mol. The predicted octanol–water partition coefficient (Wildman–Crippen LogP) is 8.65. The lowest BCUT2D eigenvalue weighted by Crippen LogP contribution is -2.44. The third kappa shape index (κ3) is 7.08. The minimum Gasteiger partial charge on any atom is -0.358 e. The van der Waals surface area contributed by atoms with Gasteiger partial charge in [0, 0.05) is 6.20 Å². The molecule has 0 bridgehead atoms. The highest BCUT2D eigenvalue weighted by Crippen LogP contribution is 2.47. The Kier molecular flexibility index (Phi) is 10.6. The first-order valence-corrected chi connectivity index (χ1v) is 19.5. The summed E-state index contributed by atoms with van der Waals surface area (Å²) in [5.74, 6) is 0.249. The molecule has 9 rings (SSSR count). The second-order valence-electron chi connectivity index (χ2n) is 14.3. The van der Waals surface area contributed by atoms with Crippen LogP contribution >= 0.6 is 0 Å². The van der Waals surface area contributed by atoms with Crippen LogP contribution in [0, 0.1) is 0 Å². The molecule has 59 heavy (non-hydrogen) atoms. The van der Waals surface area contributed by atoms with E-state index in [0.29, 0.717) is 0 Å². The van der Waals surface area contributed by atoms with Gasteiger partial charge in [0.05, 0.1) is 6.61 Å². The zero-order valence-electron chi connectivity index (χ0n) is 31.9. The molecule has 6 aromatic carbocycles. The molecule has 1 aliphatic heterocycles. The molecule has 0 radical (unpaired) electrons. The summed E-state index contributed by atoms with van der Waals surface area (Å²) in [5, 5.41) is 6.74. The summed E-state index contributed by atoms with van der Waals surface area (Å²) in [6.45, 7) is -0.206. The van der Waals surface area contributed by atoms with Gasteiger partial charge in [0.2, 0.25) is 0 Å². The normalized spacial score (nSPS) is 18.1. The second kappa shape index (κ2) is 16.6. The van der Waals surface area contributed by atoms with Gasteiger partial charge in [-0.05, 0) is 39.4 Å². The van der Waals surface area contributed by atoms with E-state index in [4.69, 9.17) is 14.2 Å². The topological polar surface area (TPSA) is 104 Å². The molecule has 4 atom stereocenters. The van der Waals surface area contributed by atoms with Gasteiger partial charge in [0.1, 0.15) is 35.4 Å². The van der Waals surface area contributed by atoms with Crippen molar-refractivity contribution in [3.63, 3.8) is 0 Å². The number of aromatic amines is 1. The van der Waals surface area contributed by atoms with Crippen LogP contribution < -0.4 is 5.69 Å². The van der Waals surface area contributed by atoms with Crippen LogP contribution in [0.15, 0.2) is 205 Å². The number of nitrogens with one attached hydrogen (secondary N) is 1. The highest BCUT2D eigenvalue weighted by molar-refractivity contribution is 5.49. The zero-order chi connectivity index (χ0) is 40.1. The van der Waals surface area contributed by atoms with E-state index in [9.17, 15) is 4.79 Å². The van der Waals surface area contributed by atoms with E-state index in [1.807, 2.05) is 182 Å². The fraction of sp³-hybridized carbons (Fsp3) is 0.143. The number of benzene rings is 6. The SMILES string of the molecule is O=c1nc(-c2nc[nH]n2)ccn1[C@@H]1O[C@H](COC(c2ccccc2)(c2ccccc2)c2ccccc2)[C@H](F)[C@H]1OC(c1ccccc1)(c1ccccc1)c1ccccc1. The van der Waals surface area contributed by atoms with Crippen molar-refractivity contribution in [3.8, 4) is 11.5 Å². The van der Waals surface area contributed by atoms with E-state index in [1.165, 1.54) is 17.1 Å². The first-order chi connectivity index (χ1) is 29.1. The summed E-state index contributed by atoms with van der Waals surface area (Å²) in [4.78, 5) is 22.5. The standard InChI is InChI=1S/C49H40FN5O4/c50-43-42(33-57-48(35-19-7-1-8-20-35,36-21-9-2-10-22-36)37-23-11-3-12-24-37)58-46(55-32-31-41(53-47(55)56)45-51-34-52-54-45)44(43)59-49(38-25-13-4-14-26-38,39-27-15-5-16-28-39)40-29-17-6-18-30-40/h1-32,34,42-44,46H,33H2,(H,51,52,54)/t42-,43+,44-,46-/m1/s1. The molecule has 8 aromatic rings. The van der Waals surface area contributed by atoms with Crippen LogP contribution in [0.25, 0.3) is 11.5 Å². The van der Waals surface area contributed by atoms with Crippen molar-refractivity contribution in [2.75, 3.05) is 6.61 Å². The number of rotatable bonds is 13. The average molecular weight is 782 g/mol. The van der Waals surface area contributed by atoms with Gasteiger partial charge in [-0.3, -0.25) is 9.67 Å². The number of nitrogens with zero attached hydrogens (tertiary/aromatic N) is 4. The summed E-state index contributed by atoms with van der Waals surface area (Å²) in [6, 6.07) is 60.4. The van der Waals surface area contributed by atoms with Gasteiger partial charge < -0.3 is 14.2 Å². The Morgan fingerprint density at radius 2 is 1.03 bits per heavy atom. The lowest BCUT2D eigenvalue weighted by Gasteiger charge is -2.39. The number of halogens is 1. The molecule has 0 aliphatic carbocycles. The molecule has 0 saturated carbocycles. The Bertz CT molecular complexity index is 2430. The van der Waals surface area contributed by atoms with Gasteiger partial charge in [-0.1, -0.05) is 182 Å². The predicted molar refractivity (Wildman–Crippen MR) is 222 cm³/mol. The third-order valence-electron chi connectivity index (χ3n) is 10.9. The third-order valence-corrected chi connectivity index (χ3v) is 10.9. The number of hydrogen-bond acceptors (Lipinski definition) is 7. The molecule has 3 heterocycles. The van der Waals surface area contributed by atoms with Crippen LogP contribution in [0.1, 0.15) is 39.6 Å². The van der Waals surface area contributed by atoms with E-state index >= 15 is 4.39 Å². The van der Waals surface area contributed by atoms with Crippen molar-refractivity contribution in [1.82, 2.24) is 24.7 Å². The Hall–Kier alpha value is -6.85. The van der Waals surface area contributed by atoms with E-state index in [2.05, 4.69) is 20.2 Å². The first kappa shape index (κ1) is 37.7. The summed E-state index contributed by atoms with van der Waals surface area (Å²) in [7, 11) is 0.